The highest BCUT2D eigenvalue weighted by Crippen LogP contribution is 2.21. The SMILES string of the molecule is O=Cc1cc2ccc(OCc3ccccc3)cc2[nH]1. The highest BCUT2D eigenvalue weighted by molar-refractivity contribution is 5.88. The topological polar surface area (TPSA) is 42.1 Å². The van der Waals surface area contributed by atoms with Crippen LogP contribution in [-0.2, 0) is 6.61 Å². The third kappa shape index (κ3) is 2.50. The molecule has 0 radical (unpaired) electrons. The summed E-state index contributed by atoms with van der Waals surface area (Å²) < 4.78 is 5.73. The van der Waals surface area contributed by atoms with E-state index >= 15 is 0 Å². The van der Waals surface area contributed by atoms with Gasteiger partial charge in [-0.05, 0) is 23.8 Å². The highest BCUT2D eigenvalue weighted by atomic mass is 16.5. The zero-order chi connectivity index (χ0) is 13.1. The van der Waals surface area contributed by atoms with Gasteiger partial charge in [0.25, 0.3) is 0 Å². The van der Waals surface area contributed by atoms with E-state index in [0.29, 0.717) is 12.3 Å². The van der Waals surface area contributed by atoms with E-state index in [1.165, 1.54) is 0 Å². The number of aromatic nitrogens is 1. The summed E-state index contributed by atoms with van der Waals surface area (Å²) in [6, 6.07) is 17.6. The first-order valence-electron chi connectivity index (χ1n) is 6.10. The lowest BCUT2D eigenvalue weighted by Crippen LogP contribution is -1.94. The maximum absolute atomic E-state index is 10.7. The molecule has 0 spiro atoms. The molecule has 94 valence electrons. The van der Waals surface area contributed by atoms with Gasteiger partial charge in [-0.2, -0.15) is 0 Å². The summed E-state index contributed by atoms with van der Waals surface area (Å²) in [6.07, 6.45) is 0.810. The fourth-order valence-corrected chi connectivity index (χ4v) is 2.02. The van der Waals surface area contributed by atoms with Crippen LogP contribution >= 0.6 is 0 Å². The largest absolute Gasteiger partial charge is 0.489 e. The van der Waals surface area contributed by atoms with Crippen LogP contribution in [0, 0.1) is 0 Å². The van der Waals surface area contributed by atoms with Crippen molar-refractivity contribution in [3.05, 3.63) is 65.9 Å². The molecule has 0 aliphatic rings. The molecular formula is C16H13NO2. The minimum Gasteiger partial charge on any atom is -0.489 e. The molecule has 3 nitrogen and oxygen atoms in total. The number of benzene rings is 2. The van der Waals surface area contributed by atoms with Crippen LogP contribution in [0.2, 0.25) is 0 Å². The second-order valence-electron chi connectivity index (χ2n) is 4.37. The fourth-order valence-electron chi connectivity index (χ4n) is 2.02. The second kappa shape index (κ2) is 4.98. The predicted octanol–water partition coefficient (Wildman–Crippen LogP) is 3.56. The van der Waals surface area contributed by atoms with E-state index in [0.717, 1.165) is 28.5 Å². The number of carbonyl (C=O) groups excluding carboxylic acids is 1. The molecule has 1 heterocycles. The van der Waals surface area contributed by atoms with Crippen molar-refractivity contribution in [3.63, 3.8) is 0 Å². The Labute approximate surface area is 110 Å². The van der Waals surface area contributed by atoms with E-state index in [1.807, 2.05) is 54.6 Å². The van der Waals surface area contributed by atoms with Crippen LogP contribution < -0.4 is 4.74 Å². The third-order valence-electron chi connectivity index (χ3n) is 2.99. The molecule has 1 N–H and O–H groups in total. The molecule has 2 aromatic carbocycles. The molecule has 1 aromatic heterocycles. The molecule has 0 aliphatic heterocycles. The van der Waals surface area contributed by atoms with Crippen LogP contribution in [0.5, 0.6) is 5.75 Å². The number of carbonyl (C=O) groups is 1. The molecule has 0 saturated heterocycles. The van der Waals surface area contributed by atoms with Gasteiger partial charge < -0.3 is 9.72 Å². The van der Waals surface area contributed by atoms with Crippen LogP contribution in [0.1, 0.15) is 16.1 Å². The lowest BCUT2D eigenvalue weighted by atomic mass is 10.2. The van der Waals surface area contributed by atoms with Crippen LogP contribution in [0.25, 0.3) is 10.9 Å². The van der Waals surface area contributed by atoms with Gasteiger partial charge in [0.1, 0.15) is 12.4 Å². The number of hydrogen-bond donors (Lipinski definition) is 1. The Morgan fingerprint density at radius 3 is 2.68 bits per heavy atom. The van der Waals surface area contributed by atoms with E-state index < -0.39 is 0 Å². The second-order valence-corrected chi connectivity index (χ2v) is 4.37. The Balaban J connectivity index is 1.79. The van der Waals surface area contributed by atoms with Gasteiger partial charge in [-0.1, -0.05) is 30.3 Å². The van der Waals surface area contributed by atoms with Crippen molar-refractivity contribution in [2.75, 3.05) is 0 Å². The van der Waals surface area contributed by atoms with Crippen molar-refractivity contribution in [1.29, 1.82) is 0 Å². The van der Waals surface area contributed by atoms with Gasteiger partial charge in [-0.3, -0.25) is 4.79 Å². The third-order valence-corrected chi connectivity index (χ3v) is 2.99. The van der Waals surface area contributed by atoms with Crippen molar-refractivity contribution in [2.24, 2.45) is 0 Å². The molecule has 19 heavy (non-hydrogen) atoms. The molecule has 0 bridgehead atoms. The lowest BCUT2D eigenvalue weighted by molar-refractivity contribution is 0.112. The van der Waals surface area contributed by atoms with E-state index in [9.17, 15) is 4.79 Å². The van der Waals surface area contributed by atoms with Crippen LogP contribution in [-0.4, -0.2) is 11.3 Å². The lowest BCUT2D eigenvalue weighted by Gasteiger charge is -2.06. The van der Waals surface area contributed by atoms with Gasteiger partial charge in [-0.25, -0.2) is 0 Å². The standard InChI is InChI=1S/C16H13NO2/c18-10-14-8-13-6-7-15(9-16(13)17-14)19-11-12-4-2-1-3-5-12/h1-10,17H,11H2. The Hall–Kier alpha value is -2.55. The molecule has 0 fully saturated rings. The first-order valence-corrected chi connectivity index (χ1v) is 6.10. The number of nitrogens with one attached hydrogen (secondary N) is 1. The summed E-state index contributed by atoms with van der Waals surface area (Å²) in [6.45, 7) is 0.535. The van der Waals surface area contributed by atoms with E-state index in [2.05, 4.69) is 4.98 Å². The maximum atomic E-state index is 10.7. The summed E-state index contributed by atoms with van der Waals surface area (Å²) in [5.41, 5.74) is 2.62. The summed E-state index contributed by atoms with van der Waals surface area (Å²) in [4.78, 5) is 13.7. The molecular weight excluding hydrogens is 238 g/mol. The van der Waals surface area contributed by atoms with Crippen molar-refractivity contribution in [1.82, 2.24) is 4.98 Å². The first kappa shape index (κ1) is 11.5. The van der Waals surface area contributed by atoms with Crippen LogP contribution in [0.3, 0.4) is 0 Å². The van der Waals surface area contributed by atoms with Crippen molar-refractivity contribution in [2.45, 2.75) is 6.61 Å². The van der Waals surface area contributed by atoms with Gasteiger partial charge in [0, 0.05) is 17.0 Å². The van der Waals surface area contributed by atoms with Crippen molar-refractivity contribution >= 4 is 17.2 Å². The van der Waals surface area contributed by atoms with E-state index in [-0.39, 0.29) is 0 Å². The Bertz CT molecular complexity index is 701. The maximum Gasteiger partial charge on any atom is 0.166 e. The molecule has 0 atom stereocenters. The molecule has 0 aliphatic carbocycles. The zero-order valence-electron chi connectivity index (χ0n) is 10.3. The number of aldehydes is 1. The molecule has 0 amide bonds. The smallest absolute Gasteiger partial charge is 0.166 e. The van der Waals surface area contributed by atoms with Gasteiger partial charge in [-0.15, -0.1) is 0 Å². The predicted molar refractivity (Wildman–Crippen MR) is 74.5 cm³/mol. The Kier molecular flexibility index (Phi) is 3.02. The highest BCUT2D eigenvalue weighted by Gasteiger charge is 2.02. The normalized spacial score (nSPS) is 10.5. The minimum absolute atomic E-state index is 0.535. The number of H-pyrrole nitrogens is 1. The molecule has 3 rings (SSSR count). The minimum atomic E-state index is 0.535. The molecule has 0 unspecified atom stereocenters. The fraction of sp³-hybridized carbons (Fsp3) is 0.0625. The molecule has 0 saturated carbocycles. The monoisotopic (exact) mass is 251 g/mol. The van der Waals surface area contributed by atoms with Gasteiger partial charge in [0.05, 0.1) is 5.69 Å². The van der Waals surface area contributed by atoms with E-state index in [4.69, 9.17) is 4.74 Å². The summed E-state index contributed by atoms with van der Waals surface area (Å²) in [5.74, 6) is 0.788. The van der Waals surface area contributed by atoms with E-state index in [1.54, 1.807) is 0 Å². The average molecular weight is 251 g/mol. The summed E-state index contributed by atoms with van der Waals surface area (Å²) >= 11 is 0. The van der Waals surface area contributed by atoms with Crippen molar-refractivity contribution < 1.29 is 9.53 Å². The summed E-state index contributed by atoms with van der Waals surface area (Å²) in [7, 11) is 0. The van der Waals surface area contributed by atoms with Crippen molar-refractivity contribution in [3.8, 4) is 5.75 Å². The van der Waals surface area contributed by atoms with Gasteiger partial charge in [0.15, 0.2) is 6.29 Å². The number of hydrogen-bond acceptors (Lipinski definition) is 2. The number of rotatable bonds is 4. The Morgan fingerprint density at radius 1 is 1.05 bits per heavy atom. The molecule has 3 aromatic rings. The summed E-state index contributed by atoms with van der Waals surface area (Å²) in [5, 5.41) is 1.01. The average Bonchev–Trinajstić information content (AvgIpc) is 2.88. The van der Waals surface area contributed by atoms with Crippen LogP contribution in [0.4, 0.5) is 0 Å². The first-order chi connectivity index (χ1) is 9.35. The van der Waals surface area contributed by atoms with Gasteiger partial charge >= 0.3 is 0 Å². The number of aromatic amines is 1. The zero-order valence-corrected chi connectivity index (χ0v) is 10.3. The Morgan fingerprint density at radius 2 is 1.89 bits per heavy atom. The quantitative estimate of drug-likeness (QED) is 0.720. The van der Waals surface area contributed by atoms with Gasteiger partial charge in [0.2, 0.25) is 0 Å². The van der Waals surface area contributed by atoms with Crippen LogP contribution in [0.15, 0.2) is 54.6 Å². The number of fused-ring (bicyclic) bond motifs is 1. The molecule has 3 heteroatoms. The number of ether oxygens (including phenoxy) is 1.